The zero-order valence-electron chi connectivity index (χ0n) is 26.2. The van der Waals surface area contributed by atoms with Gasteiger partial charge in [-0.1, -0.05) is 31.8 Å². The lowest BCUT2D eigenvalue weighted by atomic mass is 10.1. The number of aromatic nitrogens is 8. The quantitative estimate of drug-likeness (QED) is 0.0888. The molecule has 0 N–H and O–H groups in total. The van der Waals surface area contributed by atoms with Crippen molar-refractivity contribution in [2.75, 3.05) is 13.7 Å². The zero-order valence-corrected chi connectivity index (χ0v) is 27.2. The standard InChI is InChI=1S/C31H34F4N8O2Si/c1-42-15-24(31(33,34)35)39-29(42)20-9-8-19(21(32)12-20)13-22-27-23(43(41-22)17-45-10-11-46(3,4)5)14-36-28(40-27)25-26(18-6-7-18)37-16-38-30(25)44-2/h8-9,12,14-16,18H,6-7,10-11,13,17H2,1-5H3. The second-order valence-electron chi connectivity index (χ2n) is 12.7. The van der Waals surface area contributed by atoms with Crippen molar-refractivity contribution >= 4 is 19.1 Å². The number of fused-ring (bicyclic) bond motifs is 1. The summed E-state index contributed by atoms with van der Waals surface area (Å²) in [6.07, 6.45) is 1.46. The van der Waals surface area contributed by atoms with Crippen molar-refractivity contribution in [1.29, 1.82) is 0 Å². The van der Waals surface area contributed by atoms with E-state index in [1.165, 1.54) is 37.2 Å². The van der Waals surface area contributed by atoms with E-state index in [1.54, 1.807) is 16.9 Å². The molecular formula is C31H34F4N8O2Si. The first-order valence-electron chi connectivity index (χ1n) is 14.9. The van der Waals surface area contributed by atoms with Crippen LogP contribution in [0.1, 0.15) is 41.4 Å². The topological polar surface area (TPSA) is 106 Å². The van der Waals surface area contributed by atoms with Crippen LogP contribution in [0.5, 0.6) is 5.88 Å². The van der Waals surface area contributed by atoms with Crippen molar-refractivity contribution in [1.82, 2.24) is 39.3 Å². The molecule has 242 valence electrons. The number of imidazole rings is 1. The van der Waals surface area contributed by atoms with Crippen LogP contribution >= 0.6 is 0 Å². The fourth-order valence-corrected chi connectivity index (χ4v) is 5.94. The van der Waals surface area contributed by atoms with Crippen LogP contribution < -0.4 is 4.74 Å². The fourth-order valence-electron chi connectivity index (χ4n) is 5.19. The lowest BCUT2D eigenvalue weighted by Gasteiger charge is -2.15. The minimum absolute atomic E-state index is 0.00541. The van der Waals surface area contributed by atoms with Gasteiger partial charge in [0.05, 0.1) is 24.7 Å². The molecule has 15 heteroatoms. The van der Waals surface area contributed by atoms with E-state index in [-0.39, 0.29) is 30.5 Å². The number of aryl methyl sites for hydroxylation is 1. The van der Waals surface area contributed by atoms with Crippen LogP contribution in [0.25, 0.3) is 33.8 Å². The highest BCUT2D eigenvalue weighted by atomic mass is 28.3. The molecule has 0 unspecified atom stereocenters. The Morgan fingerprint density at radius 3 is 2.50 bits per heavy atom. The van der Waals surface area contributed by atoms with Gasteiger partial charge in [-0.3, -0.25) is 0 Å². The van der Waals surface area contributed by atoms with Gasteiger partial charge >= 0.3 is 6.18 Å². The number of benzene rings is 1. The average Bonchev–Trinajstić information content (AvgIpc) is 3.69. The summed E-state index contributed by atoms with van der Waals surface area (Å²) in [5, 5.41) is 4.76. The van der Waals surface area contributed by atoms with E-state index in [1.807, 2.05) is 0 Å². The Bertz CT molecular complexity index is 1900. The minimum atomic E-state index is -4.61. The SMILES string of the molecule is COc1ncnc(C2CC2)c1-c1ncc2c(n1)c(Cc1ccc(-c3nc(C(F)(F)F)cn3C)cc1F)nn2COCC[Si](C)(C)C. The number of alkyl halides is 3. The van der Waals surface area contributed by atoms with Gasteiger partial charge in [0.25, 0.3) is 0 Å². The molecule has 4 heterocycles. The minimum Gasteiger partial charge on any atom is -0.480 e. The molecular weight excluding hydrogens is 620 g/mol. The highest BCUT2D eigenvalue weighted by Gasteiger charge is 2.35. The van der Waals surface area contributed by atoms with Crippen molar-refractivity contribution in [3.63, 3.8) is 0 Å². The maximum Gasteiger partial charge on any atom is 0.434 e. The number of methoxy groups -OCH3 is 1. The molecule has 1 fully saturated rings. The number of rotatable bonds is 11. The summed E-state index contributed by atoms with van der Waals surface area (Å²) in [6.45, 7) is 7.56. The van der Waals surface area contributed by atoms with Crippen molar-refractivity contribution in [3.8, 4) is 28.7 Å². The van der Waals surface area contributed by atoms with Crippen molar-refractivity contribution in [2.45, 2.75) is 63.8 Å². The van der Waals surface area contributed by atoms with E-state index in [2.05, 4.69) is 39.6 Å². The highest BCUT2D eigenvalue weighted by molar-refractivity contribution is 6.76. The summed E-state index contributed by atoms with van der Waals surface area (Å²) in [5.74, 6) is 0.409. The van der Waals surface area contributed by atoms with E-state index < -0.39 is 25.8 Å². The lowest BCUT2D eigenvalue weighted by Crippen LogP contribution is -2.22. The second kappa shape index (κ2) is 12.2. The molecule has 1 aromatic carbocycles. The van der Waals surface area contributed by atoms with Gasteiger partial charge in [-0.15, -0.1) is 0 Å². The first-order chi connectivity index (χ1) is 21.8. The molecule has 1 aliphatic carbocycles. The molecule has 0 bridgehead atoms. The van der Waals surface area contributed by atoms with E-state index in [0.717, 1.165) is 30.8 Å². The number of halogens is 4. The van der Waals surface area contributed by atoms with Gasteiger partial charge in [0.15, 0.2) is 11.5 Å². The smallest absolute Gasteiger partial charge is 0.434 e. The molecule has 0 spiro atoms. The molecule has 1 saturated carbocycles. The van der Waals surface area contributed by atoms with E-state index in [0.29, 0.717) is 46.2 Å². The third kappa shape index (κ3) is 6.65. The Balaban J connectivity index is 1.37. The molecule has 0 atom stereocenters. The number of ether oxygens (including phenoxy) is 2. The fraction of sp³-hybridized carbons (Fsp3) is 0.419. The molecule has 6 rings (SSSR count). The molecule has 0 radical (unpaired) electrons. The van der Waals surface area contributed by atoms with Crippen molar-refractivity contribution in [2.24, 2.45) is 7.05 Å². The summed E-state index contributed by atoms with van der Waals surface area (Å²) in [6, 6.07) is 5.25. The van der Waals surface area contributed by atoms with Crippen LogP contribution in [0.3, 0.4) is 0 Å². The molecule has 0 aliphatic heterocycles. The summed E-state index contributed by atoms with van der Waals surface area (Å²) >= 11 is 0. The first-order valence-corrected chi connectivity index (χ1v) is 18.6. The molecule has 10 nitrogen and oxygen atoms in total. The summed E-state index contributed by atoms with van der Waals surface area (Å²) in [4.78, 5) is 22.0. The zero-order chi connectivity index (χ0) is 32.8. The number of nitrogens with zero attached hydrogens (tertiary/aromatic N) is 8. The van der Waals surface area contributed by atoms with Crippen LogP contribution in [0, 0.1) is 5.82 Å². The van der Waals surface area contributed by atoms with Gasteiger partial charge in [-0.25, -0.2) is 34.0 Å². The Labute approximate surface area is 263 Å². The maximum atomic E-state index is 15.6. The monoisotopic (exact) mass is 654 g/mol. The third-order valence-corrected chi connectivity index (χ3v) is 9.54. The predicted molar refractivity (Wildman–Crippen MR) is 165 cm³/mol. The van der Waals surface area contributed by atoms with Gasteiger partial charge in [-0.05, 0) is 30.5 Å². The Hall–Kier alpha value is -4.24. The number of hydrogen-bond donors (Lipinski definition) is 0. The van der Waals surface area contributed by atoms with Gasteiger partial charge in [0.1, 0.15) is 41.3 Å². The van der Waals surface area contributed by atoms with Crippen LogP contribution in [0.15, 0.2) is 36.9 Å². The van der Waals surface area contributed by atoms with Crippen LogP contribution in [-0.2, 0) is 31.1 Å². The first kappa shape index (κ1) is 31.7. The van der Waals surface area contributed by atoms with Gasteiger partial charge < -0.3 is 14.0 Å². The predicted octanol–water partition coefficient (Wildman–Crippen LogP) is 6.63. The molecule has 0 amide bonds. The van der Waals surface area contributed by atoms with Gasteiger partial charge in [-0.2, -0.15) is 18.3 Å². The van der Waals surface area contributed by atoms with Crippen LogP contribution in [0.4, 0.5) is 17.6 Å². The summed E-state index contributed by atoms with van der Waals surface area (Å²) in [7, 11) is 1.66. The van der Waals surface area contributed by atoms with Gasteiger partial charge in [0.2, 0.25) is 5.88 Å². The summed E-state index contributed by atoms with van der Waals surface area (Å²) in [5.41, 5.74) is 2.51. The molecule has 0 saturated heterocycles. The normalized spacial score (nSPS) is 13.9. The van der Waals surface area contributed by atoms with Crippen molar-refractivity contribution in [3.05, 3.63) is 65.4 Å². The van der Waals surface area contributed by atoms with E-state index in [4.69, 9.17) is 19.6 Å². The molecule has 4 aromatic heterocycles. The van der Waals surface area contributed by atoms with E-state index in [9.17, 15) is 13.2 Å². The second-order valence-corrected chi connectivity index (χ2v) is 18.3. The summed E-state index contributed by atoms with van der Waals surface area (Å²) < 4.78 is 69.6. The largest absolute Gasteiger partial charge is 0.480 e. The van der Waals surface area contributed by atoms with Gasteiger partial charge in [0, 0.05) is 45.8 Å². The van der Waals surface area contributed by atoms with Crippen LogP contribution in [-0.4, -0.2) is 61.1 Å². The highest BCUT2D eigenvalue weighted by Crippen LogP contribution is 2.45. The molecule has 1 aliphatic rings. The third-order valence-electron chi connectivity index (χ3n) is 7.83. The van der Waals surface area contributed by atoms with Crippen molar-refractivity contribution < 1.29 is 27.0 Å². The van der Waals surface area contributed by atoms with E-state index >= 15 is 4.39 Å². The Morgan fingerprint density at radius 1 is 1.07 bits per heavy atom. The average molecular weight is 655 g/mol. The Morgan fingerprint density at radius 2 is 1.85 bits per heavy atom. The Kier molecular flexibility index (Phi) is 8.39. The van der Waals surface area contributed by atoms with Crippen LogP contribution in [0.2, 0.25) is 25.7 Å². The number of hydrogen-bond acceptors (Lipinski definition) is 8. The maximum absolute atomic E-state index is 15.6. The molecule has 5 aromatic rings. The molecule has 46 heavy (non-hydrogen) atoms. The lowest BCUT2D eigenvalue weighted by molar-refractivity contribution is -0.140.